The molecule has 3 heterocycles. The van der Waals surface area contributed by atoms with Crippen molar-refractivity contribution in [2.45, 2.75) is 13.2 Å². The molecular formula is C21H19FN6O4. The van der Waals surface area contributed by atoms with Gasteiger partial charge in [0.1, 0.15) is 11.2 Å². The molecule has 1 fully saturated rings. The van der Waals surface area contributed by atoms with E-state index in [2.05, 4.69) is 19.9 Å². The first kappa shape index (κ1) is 21.4. The molecule has 2 N–H and O–H groups in total. The van der Waals surface area contributed by atoms with E-state index < -0.39 is 23.5 Å². The highest BCUT2D eigenvalue weighted by molar-refractivity contribution is 5.77. The Balaban J connectivity index is 1.74. The number of nitrogens with one attached hydrogen (secondary N) is 1. The summed E-state index contributed by atoms with van der Waals surface area (Å²) in [6.45, 7) is 1.43. The molecule has 0 bridgehead atoms. The van der Waals surface area contributed by atoms with Crippen LogP contribution in [0, 0.1) is 22.7 Å². The van der Waals surface area contributed by atoms with Gasteiger partial charge in [-0.05, 0) is 37.3 Å². The molecule has 1 aliphatic heterocycles. The van der Waals surface area contributed by atoms with Gasteiger partial charge in [-0.15, -0.1) is 0 Å². The van der Waals surface area contributed by atoms with Crippen LogP contribution in [0.5, 0.6) is 0 Å². The van der Waals surface area contributed by atoms with E-state index in [-0.39, 0.29) is 19.2 Å². The summed E-state index contributed by atoms with van der Waals surface area (Å²) in [5.41, 5.74) is 0.850. The third-order valence-corrected chi connectivity index (χ3v) is 5.03. The maximum absolute atomic E-state index is 13.5. The quantitative estimate of drug-likeness (QED) is 0.455. The zero-order valence-electron chi connectivity index (χ0n) is 17.2. The average molecular weight is 438 g/mol. The minimum atomic E-state index is -1.16. The molecule has 3 aromatic rings. The van der Waals surface area contributed by atoms with Crippen molar-refractivity contribution in [2.24, 2.45) is 5.41 Å². The highest BCUT2D eigenvalue weighted by atomic mass is 19.1. The number of imidazole rings is 1. The van der Waals surface area contributed by atoms with E-state index in [0.717, 1.165) is 0 Å². The van der Waals surface area contributed by atoms with Crippen molar-refractivity contribution in [1.29, 1.82) is 5.26 Å². The average Bonchev–Trinajstić information content (AvgIpc) is 3.25. The topological polar surface area (TPSA) is 137 Å². The Labute approximate surface area is 182 Å². The Hall–Kier alpha value is -3.88. The van der Waals surface area contributed by atoms with Crippen molar-refractivity contribution in [3.63, 3.8) is 0 Å². The summed E-state index contributed by atoms with van der Waals surface area (Å²) in [4.78, 5) is 28.8. The van der Waals surface area contributed by atoms with Gasteiger partial charge in [-0.3, -0.25) is 9.69 Å². The summed E-state index contributed by atoms with van der Waals surface area (Å²) >= 11 is 0. The van der Waals surface area contributed by atoms with Crippen LogP contribution in [-0.4, -0.2) is 51.3 Å². The van der Waals surface area contributed by atoms with Crippen LogP contribution < -0.4 is 4.90 Å². The van der Waals surface area contributed by atoms with Crippen LogP contribution in [0.3, 0.4) is 0 Å². The van der Waals surface area contributed by atoms with E-state index in [9.17, 15) is 14.3 Å². The molecule has 0 aliphatic carbocycles. The summed E-state index contributed by atoms with van der Waals surface area (Å²) in [6.07, 6.45) is 2.53. The summed E-state index contributed by atoms with van der Waals surface area (Å²) in [6, 6.07) is 7.42. The number of H-pyrrole nitrogens is 1. The fourth-order valence-electron chi connectivity index (χ4n) is 3.09. The van der Waals surface area contributed by atoms with Gasteiger partial charge in [0.05, 0.1) is 30.3 Å². The number of ether oxygens (including phenoxy) is 2. The lowest BCUT2D eigenvalue weighted by molar-refractivity contribution is -0.236. The normalized spacial score (nSPS) is 20.5. The van der Waals surface area contributed by atoms with E-state index in [1.807, 2.05) is 6.19 Å². The second kappa shape index (κ2) is 8.33. The fraction of sp³-hybridized carbons (Fsp3) is 0.286. The minimum Gasteiger partial charge on any atom is -0.481 e. The van der Waals surface area contributed by atoms with E-state index >= 15 is 0 Å². The van der Waals surface area contributed by atoms with E-state index in [4.69, 9.17) is 14.7 Å². The minimum absolute atomic E-state index is 0.0560. The van der Waals surface area contributed by atoms with Crippen molar-refractivity contribution < 1.29 is 23.8 Å². The van der Waals surface area contributed by atoms with Crippen LogP contribution in [0.25, 0.3) is 22.6 Å². The molecule has 0 spiro atoms. The second-order valence-electron chi connectivity index (χ2n) is 7.57. The SMILES string of the molecule is CN(C#N)c1nccc(-c2[nH]c(C3OCC(C)(C(=O)O)CO3)nc2-c2ccc(F)cc2)n1. The van der Waals surface area contributed by atoms with Gasteiger partial charge < -0.3 is 19.6 Å². The molecule has 32 heavy (non-hydrogen) atoms. The number of anilines is 1. The van der Waals surface area contributed by atoms with Crippen molar-refractivity contribution >= 4 is 11.9 Å². The second-order valence-corrected chi connectivity index (χ2v) is 7.57. The summed E-state index contributed by atoms with van der Waals surface area (Å²) in [5, 5.41) is 18.5. The monoisotopic (exact) mass is 438 g/mol. The predicted molar refractivity (Wildman–Crippen MR) is 109 cm³/mol. The first-order valence-corrected chi connectivity index (χ1v) is 9.60. The number of halogens is 1. The first-order valence-electron chi connectivity index (χ1n) is 9.60. The maximum atomic E-state index is 13.5. The van der Waals surface area contributed by atoms with Crippen LogP contribution in [0.2, 0.25) is 0 Å². The Morgan fingerprint density at radius 3 is 2.59 bits per heavy atom. The Morgan fingerprint density at radius 1 is 1.28 bits per heavy atom. The van der Waals surface area contributed by atoms with Crippen molar-refractivity contribution in [3.8, 4) is 28.8 Å². The van der Waals surface area contributed by atoms with Gasteiger partial charge in [0.25, 0.3) is 0 Å². The predicted octanol–water partition coefficient (Wildman–Crippen LogP) is 2.73. The highest BCUT2D eigenvalue weighted by Crippen LogP contribution is 2.35. The number of aromatic nitrogens is 4. The summed E-state index contributed by atoms with van der Waals surface area (Å²) in [5.74, 6) is -0.912. The molecule has 1 aromatic carbocycles. The van der Waals surface area contributed by atoms with Gasteiger partial charge in [0.2, 0.25) is 12.2 Å². The summed E-state index contributed by atoms with van der Waals surface area (Å²) < 4.78 is 24.7. The van der Waals surface area contributed by atoms with E-state index in [1.165, 1.54) is 37.2 Å². The van der Waals surface area contributed by atoms with Gasteiger partial charge >= 0.3 is 5.97 Å². The lowest BCUT2D eigenvalue weighted by Crippen LogP contribution is -2.42. The molecule has 4 rings (SSSR count). The molecule has 0 atom stereocenters. The van der Waals surface area contributed by atoms with Crippen LogP contribution in [0.15, 0.2) is 36.5 Å². The molecule has 0 amide bonds. The standard InChI is InChI=1S/C21H19FN6O4/c1-21(19(29)30)9-31-18(32-10-21)17-26-15(12-3-5-13(22)6-4-12)16(27-17)14-7-8-24-20(25-14)28(2)11-23/h3-8,18H,9-10H2,1-2H3,(H,26,27)(H,29,30). The molecular weight excluding hydrogens is 419 g/mol. The van der Waals surface area contributed by atoms with Crippen LogP contribution >= 0.6 is 0 Å². The number of hydrogen-bond donors (Lipinski definition) is 2. The lowest BCUT2D eigenvalue weighted by atomic mass is 9.92. The number of carbonyl (C=O) groups is 1. The molecule has 11 heteroatoms. The third kappa shape index (κ3) is 4.01. The van der Waals surface area contributed by atoms with Crippen LogP contribution in [0.1, 0.15) is 19.0 Å². The van der Waals surface area contributed by atoms with Gasteiger partial charge in [-0.2, -0.15) is 5.26 Å². The number of carboxylic acid groups (broad SMARTS) is 1. The third-order valence-electron chi connectivity index (χ3n) is 5.03. The molecule has 0 saturated carbocycles. The molecule has 1 saturated heterocycles. The number of aliphatic carboxylic acids is 1. The zero-order chi connectivity index (χ0) is 22.9. The Morgan fingerprint density at radius 2 is 1.97 bits per heavy atom. The number of nitrogens with zero attached hydrogens (tertiary/aromatic N) is 5. The molecule has 2 aromatic heterocycles. The van der Waals surface area contributed by atoms with Crippen LogP contribution in [-0.2, 0) is 14.3 Å². The number of nitriles is 1. The van der Waals surface area contributed by atoms with Gasteiger partial charge in [0, 0.05) is 18.8 Å². The zero-order valence-corrected chi connectivity index (χ0v) is 17.2. The largest absolute Gasteiger partial charge is 0.481 e. The Bertz CT molecular complexity index is 1180. The lowest BCUT2D eigenvalue weighted by Gasteiger charge is -2.33. The number of hydrogen-bond acceptors (Lipinski definition) is 8. The molecule has 0 unspecified atom stereocenters. The van der Waals surface area contributed by atoms with E-state index in [1.54, 1.807) is 18.2 Å². The van der Waals surface area contributed by atoms with Crippen LogP contribution in [0.4, 0.5) is 10.3 Å². The number of carboxylic acids is 1. The molecule has 164 valence electrons. The molecule has 1 aliphatic rings. The van der Waals surface area contributed by atoms with E-state index in [0.29, 0.717) is 28.5 Å². The van der Waals surface area contributed by atoms with Gasteiger partial charge in [0.15, 0.2) is 12.0 Å². The van der Waals surface area contributed by atoms with Gasteiger partial charge in [-0.1, -0.05) is 0 Å². The highest BCUT2D eigenvalue weighted by Gasteiger charge is 2.41. The summed E-state index contributed by atoms with van der Waals surface area (Å²) in [7, 11) is 1.53. The molecule has 10 nitrogen and oxygen atoms in total. The van der Waals surface area contributed by atoms with Crippen molar-refractivity contribution in [2.75, 3.05) is 25.2 Å². The fourth-order valence-corrected chi connectivity index (χ4v) is 3.09. The Kier molecular flexibility index (Phi) is 5.56. The number of aromatic amines is 1. The van der Waals surface area contributed by atoms with Gasteiger partial charge in [-0.25, -0.2) is 19.3 Å². The number of benzene rings is 1. The molecule has 0 radical (unpaired) electrons. The van der Waals surface area contributed by atoms with Crippen molar-refractivity contribution in [1.82, 2.24) is 19.9 Å². The first-order chi connectivity index (χ1) is 15.3. The number of rotatable bonds is 5. The van der Waals surface area contributed by atoms with Crippen molar-refractivity contribution in [3.05, 3.63) is 48.2 Å². The smallest absolute Gasteiger partial charge is 0.314 e. The maximum Gasteiger partial charge on any atom is 0.314 e.